The summed E-state index contributed by atoms with van der Waals surface area (Å²) < 4.78 is 0. The molecule has 0 atom stereocenters. The van der Waals surface area contributed by atoms with Crippen molar-refractivity contribution in [2.75, 3.05) is 31.1 Å². The van der Waals surface area contributed by atoms with E-state index < -0.39 is 0 Å². The van der Waals surface area contributed by atoms with Crippen molar-refractivity contribution in [1.29, 1.82) is 10.5 Å². The maximum Gasteiger partial charge on any atom is 0.232 e. The number of hydrogen-bond acceptors (Lipinski definition) is 5. The second-order valence-corrected chi connectivity index (χ2v) is 4.14. The maximum atomic E-state index is 11.7. The second-order valence-electron chi connectivity index (χ2n) is 3.04. The summed E-state index contributed by atoms with van der Waals surface area (Å²) in [6, 6.07) is 3.99. The number of rotatable bonds is 8. The van der Waals surface area contributed by atoms with Crippen molar-refractivity contribution in [3.05, 3.63) is 0 Å². The van der Waals surface area contributed by atoms with Crippen LogP contribution in [0.15, 0.2) is 0 Å². The van der Waals surface area contributed by atoms with Gasteiger partial charge in [0.15, 0.2) is 0 Å². The Labute approximate surface area is 100 Å². The summed E-state index contributed by atoms with van der Waals surface area (Å²) in [6.07, 6.45) is 0.609. The molecule has 0 aliphatic rings. The van der Waals surface area contributed by atoms with Crippen molar-refractivity contribution in [3.63, 3.8) is 0 Å². The van der Waals surface area contributed by atoms with Gasteiger partial charge in [0.05, 0.1) is 30.7 Å². The van der Waals surface area contributed by atoms with Gasteiger partial charge >= 0.3 is 0 Å². The molecule has 0 aliphatic carbocycles. The van der Waals surface area contributed by atoms with Crippen molar-refractivity contribution in [1.82, 2.24) is 4.90 Å². The Bertz CT molecular complexity index is 264. The van der Waals surface area contributed by atoms with Crippen LogP contribution in [0.25, 0.3) is 0 Å². The van der Waals surface area contributed by atoms with Gasteiger partial charge in [0, 0.05) is 25.4 Å². The van der Waals surface area contributed by atoms with E-state index in [4.69, 9.17) is 16.3 Å². The summed E-state index contributed by atoms with van der Waals surface area (Å²) in [5.74, 6) is 1.09. The standard InChI is InChI=1S/C10H16N4OS/c11-3-1-6-14(7-2-4-12)10(15)9-16-8-5-13/h1-2,5-9,13H2. The molecule has 0 bridgehead atoms. The number of nitrogens with two attached hydrogens (primary N) is 1. The van der Waals surface area contributed by atoms with E-state index in [1.807, 2.05) is 12.1 Å². The van der Waals surface area contributed by atoms with Crippen LogP contribution in [0.1, 0.15) is 12.8 Å². The Morgan fingerprint density at radius 3 is 2.25 bits per heavy atom. The van der Waals surface area contributed by atoms with Crippen molar-refractivity contribution < 1.29 is 4.79 Å². The summed E-state index contributed by atoms with van der Waals surface area (Å²) in [4.78, 5) is 13.2. The van der Waals surface area contributed by atoms with Crippen LogP contribution >= 0.6 is 11.8 Å². The zero-order valence-electron chi connectivity index (χ0n) is 9.19. The Hall–Kier alpha value is -1.24. The Morgan fingerprint density at radius 2 is 1.81 bits per heavy atom. The second kappa shape index (κ2) is 10.3. The molecule has 0 aromatic rings. The Kier molecular flexibility index (Phi) is 9.49. The van der Waals surface area contributed by atoms with Gasteiger partial charge in [-0.25, -0.2) is 0 Å². The fourth-order valence-corrected chi connectivity index (χ4v) is 1.73. The average molecular weight is 240 g/mol. The molecular weight excluding hydrogens is 224 g/mol. The SMILES string of the molecule is N#CCCN(CCC#N)C(=O)CSCCN. The molecule has 6 heteroatoms. The smallest absolute Gasteiger partial charge is 0.232 e. The molecule has 0 spiro atoms. The quantitative estimate of drug-likeness (QED) is 0.617. The highest BCUT2D eigenvalue weighted by Crippen LogP contribution is 2.03. The average Bonchev–Trinajstić information content (AvgIpc) is 2.29. The van der Waals surface area contributed by atoms with Gasteiger partial charge in [-0.3, -0.25) is 4.79 Å². The third-order valence-corrected chi connectivity index (χ3v) is 2.80. The van der Waals surface area contributed by atoms with Gasteiger partial charge in [-0.1, -0.05) is 0 Å². The molecule has 0 aliphatic heterocycles. The van der Waals surface area contributed by atoms with Crippen molar-refractivity contribution in [2.45, 2.75) is 12.8 Å². The van der Waals surface area contributed by atoms with Gasteiger partial charge in [0.1, 0.15) is 0 Å². The molecular formula is C10H16N4OS. The predicted molar refractivity (Wildman–Crippen MR) is 63.4 cm³/mol. The molecule has 0 unspecified atom stereocenters. The maximum absolute atomic E-state index is 11.7. The Balaban J connectivity index is 4.00. The van der Waals surface area contributed by atoms with E-state index in [0.717, 1.165) is 5.75 Å². The number of carbonyl (C=O) groups is 1. The van der Waals surface area contributed by atoms with Crippen molar-refractivity contribution in [2.24, 2.45) is 5.73 Å². The van der Waals surface area contributed by atoms with Crippen LogP contribution in [0, 0.1) is 22.7 Å². The van der Waals surface area contributed by atoms with E-state index in [0.29, 0.717) is 38.2 Å². The fraction of sp³-hybridized carbons (Fsp3) is 0.700. The molecule has 88 valence electrons. The van der Waals surface area contributed by atoms with Crippen molar-refractivity contribution >= 4 is 17.7 Å². The van der Waals surface area contributed by atoms with Gasteiger partial charge in [-0.15, -0.1) is 0 Å². The van der Waals surface area contributed by atoms with Crippen LogP contribution in [0.4, 0.5) is 0 Å². The third-order valence-electron chi connectivity index (χ3n) is 1.83. The van der Waals surface area contributed by atoms with Crippen LogP contribution < -0.4 is 5.73 Å². The first-order valence-electron chi connectivity index (χ1n) is 5.05. The highest BCUT2D eigenvalue weighted by molar-refractivity contribution is 7.99. The number of thioether (sulfide) groups is 1. The molecule has 5 nitrogen and oxygen atoms in total. The number of amides is 1. The van der Waals surface area contributed by atoms with E-state index in [1.54, 1.807) is 4.90 Å². The minimum absolute atomic E-state index is 0.0241. The molecule has 0 aromatic heterocycles. The molecule has 0 rings (SSSR count). The lowest BCUT2D eigenvalue weighted by Crippen LogP contribution is -2.34. The van der Waals surface area contributed by atoms with Crippen LogP contribution in [0.5, 0.6) is 0 Å². The van der Waals surface area contributed by atoms with Gasteiger partial charge < -0.3 is 10.6 Å². The van der Waals surface area contributed by atoms with Crippen LogP contribution in [-0.4, -0.2) is 41.9 Å². The first-order chi connectivity index (χ1) is 7.76. The normalized spacial score (nSPS) is 9.19. The number of nitrogens with zero attached hydrogens (tertiary/aromatic N) is 3. The van der Waals surface area contributed by atoms with Gasteiger partial charge in [0.25, 0.3) is 0 Å². The highest BCUT2D eigenvalue weighted by atomic mass is 32.2. The van der Waals surface area contributed by atoms with Crippen LogP contribution in [0.2, 0.25) is 0 Å². The first kappa shape index (κ1) is 14.8. The zero-order valence-corrected chi connectivity index (χ0v) is 10.0. The van der Waals surface area contributed by atoms with E-state index in [9.17, 15) is 4.79 Å². The summed E-state index contributed by atoms with van der Waals surface area (Å²) >= 11 is 1.47. The number of hydrogen-bond donors (Lipinski definition) is 1. The Morgan fingerprint density at radius 1 is 1.25 bits per heavy atom. The lowest BCUT2D eigenvalue weighted by molar-refractivity contribution is -0.128. The van der Waals surface area contributed by atoms with E-state index in [-0.39, 0.29) is 5.91 Å². The molecule has 0 saturated heterocycles. The molecule has 0 heterocycles. The largest absolute Gasteiger partial charge is 0.340 e. The topological polar surface area (TPSA) is 93.9 Å². The monoisotopic (exact) mass is 240 g/mol. The first-order valence-corrected chi connectivity index (χ1v) is 6.21. The lowest BCUT2D eigenvalue weighted by Gasteiger charge is -2.19. The molecule has 0 saturated carbocycles. The molecule has 0 fully saturated rings. The zero-order chi connectivity index (χ0) is 12.2. The molecule has 0 aromatic carbocycles. The highest BCUT2D eigenvalue weighted by Gasteiger charge is 2.12. The summed E-state index contributed by atoms with van der Waals surface area (Å²) in [6.45, 7) is 1.36. The molecule has 1 amide bonds. The number of carbonyl (C=O) groups excluding carboxylic acids is 1. The van der Waals surface area contributed by atoms with Crippen LogP contribution in [0.3, 0.4) is 0 Å². The van der Waals surface area contributed by atoms with E-state index in [1.165, 1.54) is 11.8 Å². The van der Waals surface area contributed by atoms with Gasteiger partial charge in [-0.05, 0) is 0 Å². The van der Waals surface area contributed by atoms with Gasteiger partial charge in [-0.2, -0.15) is 22.3 Å². The van der Waals surface area contributed by atoms with Gasteiger partial charge in [0.2, 0.25) is 5.91 Å². The van der Waals surface area contributed by atoms with Crippen LogP contribution in [-0.2, 0) is 4.79 Å². The van der Waals surface area contributed by atoms with E-state index in [2.05, 4.69) is 0 Å². The third kappa shape index (κ3) is 7.10. The van der Waals surface area contributed by atoms with E-state index >= 15 is 0 Å². The molecule has 2 N–H and O–H groups in total. The summed E-state index contributed by atoms with van der Waals surface area (Å²) in [5.41, 5.74) is 5.32. The minimum atomic E-state index is -0.0241. The molecule has 0 radical (unpaired) electrons. The molecule has 16 heavy (non-hydrogen) atoms. The lowest BCUT2D eigenvalue weighted by atomic mass is 10.3. The van der Waals surface area contributed by atoms with Crippen molar-refractivity contribution in [3.8, 4) is 12.1 Å². The summed E-state index contributed by atoms with van der Waals surface area (Å²) in [7, 11) is 0. The summed E-state index contributed by atoms with van der Waals surface area (Å²) in [5, 5.41) is 16.9. The predicted octanol–water partition coefficient (Wildman–Crippen LogP) is 0.334. The minimum Gasteiger partial charge on any atom is -0.340 e. The fourth-order valence-electron chi connectivity index (χ4n) is 1.07. The number of nitriles is 2.